The Morgan fingerprint density at radius 2 is 2.12 bits per heavy atom. The third-order valence-electron chi connectivity index (χ3n) is 2.83. The summed E-state index contributed by atoms with van der Waals surface area (Å²) in [6.45, 7) is 3.64. The fourth-order valence-corrected chi connectivity index (χ4v) is 1.43. The standard InChI is InChI=1S/C13H17N3O/c1-13(2,15-3)12(17)16(4)11-7-5-6-10(8-11)9-14/h5-8,15H,1-4H3. The average Bonchev–Trinajstić information content (AvgIpc) is 2.37. The lowest BCUT2D eigenvalue weighted by Gasteiger charge is -2.29. The summed E-state index contributed by atoms with van der Waals surface area (Å²) in [7, 11) is 3.45. The molecule has 0 bridgehead atoms. The predicted molar refractivity (Wildman–Crippen MR) is 67.7 cm³/mol. The van der Waals surface area contributed by atoms with E-state index in [-0.39, 0.29) is 5.91 Å². The van der Waals surface area contributed by atoms with E-state index in [2.05, 4.69) is 11.4 Å². The Bertz CT molecular complexity index is 460. The van der Waals surface area contributed by atoms with Gasteiger partial charge in [-0.3, -0.25) is 4.79 Å². The average molecular weight is 231 g/mol. The van der Waals surface area contributed by atoms with Crippen LogP contribution in [0.2, 0.25) is 0 Å². The zero-order chi connectivity index (χ0) is 13.1. The third kappa shape index (κ3) is 2.83. The molecule has 1 rings (SSSR count). The van der Waals surface area contributed by atoms with Crippen LogP contribution in [0.3, 0.4) is 0 Å². The molecule has 0 unspecified atom stereocenters. The van der Waals surface area contributed by atoms with Gasteiger partial charge < -0.3 is 10.2 Å². The molecule has 1 aromatic rings. The van der Waals surface area contributed by atoms with Crippen molar-refractivity contribution in [3.05, 3.63) is 29.8 Å². The van der Waals surface area contributed by atoms with Gasteiger partial charge in [-0.15, -0.1) is 0 Å². The summed E-state index contributed by atoms with van der Waals surface area (Å²) in [4.78, 5) is 13.7. The SMILES string of the molecule is CNC(C)(C)C(=O)N(C)c1cccc(C#N)c1. The highest BCUT2D eigenvalue weighted by Gasteiger charge is 2.29. The van der Waals surface area contributed by atoms with Crippen molar-refractivity contribution in [1.29, 1.82) is 5.26 Å². The van der Waals surface area contributed by atoms with Crippen LogP contribution in [0, 0.1) is 11.3 Å². The van der Waals surface area contributed by atoms with Crippen molar-refractivity contribution in [3.63, 3.8) is 0 Å². The largest absolute Gasteiger partial charge is 0.314 e. The number of rotatable bonds is 3. The molecule has 0 aliphatic carbocycles. The van der Waals surface area contributed by atoms with Crippen molar-refractivity contribution >= 4 is 11.6 Å². The van der Waals surface area contributed by atoms with Crippen molar-refractivity contribution in [1.82, 2.24) is 5.32 Å². The maximum Gasteiger partial charge on any atom is 0.246 e. The molecule has 4 heteroatoms. The predicted octanol–water partition coefficient (Wildman–Crippen LogP) is 1.52. The summed E-state index contributed by atoms with van der Waals surface area (Å²) in [5.74, 6) is -0.0462. The maximum atomic E-state index is 12.2. The normalized spacial score (nSPS) is 10.8. The van der Waals surface area contributed by atoms with Gasteiger partial charge in [-0.2, -0.15) is 5.26 Å². The van der Waals surface area contributed by atoms with Crippen LogP contribution in [0.4, 0.5) is 5.69 Å². The summed E-state index contributed by atoms with van der Waals surface area (Å²) in [6.07, 6.45) is 0. The summed E-state index contributed by atoms with van der Waals surface area (Å²) in [5, 5.41) is 11.8. The zero-order valence-corrected chi connectivity index (χ0v) is 10.6. The van der Waals surface area contributed by atoms with Crippen LogP contribution in [-0.4, -0.2) is 25.5 Å². The van der Waals surface area contributed by atoms with Gasteiger partial charge in [0, 0.05) is 12.7 Å². The van der Waals surface area contributed by atoms with Gasteiger partial charge in [0.1, 0.15) is 0 Å². The van der Waals surface area contributed by atoms with Gasteiger partial charge in [-0.1, -0.05) is 6.07 Å². The Balaban J connectivity index is 3.01. The Morgan fingerprint density at radius 3 is 2.65 bits per heavy atom. The molecule has 1 amide bonds. The molecular formula is C13H17N3O. The molecular weight excluding hydrogens is 214 g/mol. The van der Waals surface area contributed by atoms with Crippen LogP contribution < -0.4 is 10.2 Å². The molecule has 1 aromatic carbocycles. The zero-order valence-electron chi connectivity index (χ0n) is 10.6. The Labute approximate surface area is 102 Å². The second-order valence-electron chi connectivity index (χ2n) is 4.40. The molecule has 0 atom stereocenters. The first-order chi connectivity index (χ1) is 7.92. The maximum absolute atomic E-state index is 12.2. The molecule has 1 N–H and O–H groups in total. The van der Waals surface area contributed by atoms with Crippen molar-refractivity contribution in [2.24, 2.45) is 0 Å². The Kier molecular flexibility index (Phi) is 3.87. The number of amides is 1. The number of likely N-dealkylation sites (N-methyl/N-ethyl adjacent to an activating group) is 2. The molecule has 0 aromatic heterocycles. The van der Waals surface area contributed by atoms with Crippen molar-refractivity contribution in [2.75, 3.05) is 19.0 Å². The van der Waals surface area contributed by atoms with E-state index < -0.39 is 5.54 Å². The Hall–Kier alpha value is -1.86. The number of benzene rings is 1. The van der Waals surface area contributed by atoms with Gasteiger partial charge in [0.2, 0.25) is 5.91 Å². The molecule has 0 aliphatic rings. The highest BCUT2D eigenvalue weighted by molar-refractivity contribution is 5.99. The lowest BCUT2D eigenvalue weighted by atomic mass is 10.0. The van der Waals surface area contributed by atoms with E-state index in [1.807, 2.05) is 19.9 Å². The van der Waals surface area contributed by atoms with Crippen LogP contribution in [0.1, 0.15) is 19.4 Å². The number of hydrogen-bond acceptors (Lipinski definition) is 3. The number of hydrogen-bond donors (Lipinski definition) is 1. The third-order valence-corrected chi connectivity index (χ3v) is 2.83. The second-order valence-corrected chi connectivity index (χ2v) is 4.40. The summed E-state index contributed by atoms with van der Waals surface area (Å²) >= 11 is 0. The smallest absolute Gasteiger partial charge is 0.246 e. The number of carbonyl (C=O) groups is 1. The quantitative estimate of drug-likeness (QED) is 0.858. The molecule has 90 valence electrons. The molecule has 0 heterocycles. The molecule has 0 fully saturated rings. The van der Waals surface area contributed by atoms with Crippen LogP contribution in [-0.2, 0) is 4.79 Å². The number of carbonyl (C=O) groups excluding carboxylic acids is 1. The minimum Gasteiger partial charge on any atom is -0.314 e. The number of anilines is 1. The number of nitrogens with one attached hydrogen (secondary N) is 1. The lowest BCUT2D eigenvalue weighted by molar-refractivity contribution is -0.123. The fraction of sp³-hybridized carbons (Fsp3) is 0.385. The van der Waals surface area contributed by atoms with Gasteiger partial charge in [0.15, 0.2) is 0 Å². The minimum atomic E-state index is -0.628. The van der Waals surface area contributed by atoms with Crippen LogP contribution in [0.25, 0.3) is 0 Å². The first kappa shape index (κ1) is 13.2. The summed E-state index contributed by atoms with van der Waals surface area (Å²) in [6, 6.07) is 9.05. The van der Waals surface area contributed by atoms with Crippen LogP contribution >= 0.6 is 0 Å². The van der Waals surface area contributed by atoms with Gasteiger partial charge in [-0.05, 0) is 39.1 Å². The molecule has 0 radical (unpaired) electrons. The lowest BCUT2D eigenvalue weighted by Crippen LogP contribution is -2.51. The number of nitrogens with zero attached hydrogens (tertiary/aromatic N) is 2. The molecule has 4 nitrogen and oxygen atoms in total. The molecule has 0 saturated heterocycles. The van der Waals surface area contributed by atoms with Crippen LogP contribution in [0.5, 0.6) is 0 Å². The molecule has 0 saturated carbocycles. The first-order valence-corrected chi connectivity index (χ1v) is 5.39. The van der Waals surface area contributed by atoms with E-state index in [1.165, 1.54) is 0 Å². The van der Waals surface area contributed by atoms with E-state index in [0.29, 0.717) is 5.56 Å². The second kappa shape index (κ2) is 4.98. The van der Waals surface area contributed by atoms with Gasteiger partial charge in [-0.25, -0.2) is 0 Å². The summed E-state index contributed by atoms with van der Waals surface area (Å²) in [5.41, 5.74) is 0.638. The first-order valence-electron chi connectivity index (χ1n) is 5.39. The minimum absolute atomic E-state index is 0.0462. The molecule has 0 aliphatic heterocycles. The molecule has 0 spiro atoms. The number of nitriles is 1. The van der Waals surface area contributed by atoms with Gasteiger partial charge in [0.05, 0.1) is 17.2 Å². The van der Waals surface area contributed by atoms with Crippen molar-refractivity contribution in [2.45, 2.75) is 19.4 Å². The Morgan fingerprint density at radius 1 is 1.47 bits per heavy atom. The van der Waals surface area contributed by atoms with E-state index >= 15 is 0 Å². The molecule has 17 heavy (non-hydrogen) atoms. The van der Waals surface area contributed by atoms with E-state index in [0.717, 1.165) is 5.69 Å². The van der Waals surface area contributed by atoms with E-state index in [9.17, 15) is 4.79 Å². The van der Waals surface area contributed by atoms with Crippen molar-refractivity contribution in [3.8, 4) is 6.07 Å². The highest BCUT2D eigenvalue weighted by atomic mass is 16.2. The van der Waals surface area contributed by atoms with Gasteiger partial charge in [0.25, 0.3) is 0 Å². The van der Waals surface area contributed by atoms with Gasteiger partial charge >= 0.3 is 0 Å². The van der Waals surface area contributed by atoms with E-state index in [1.54, 1.807) is 37.2 Å². The van der Waals surface area contributed by atoms with Crippen LogP contribution in [0.15, 0.2) is 24.3 Å². The van der Waals surface area contributed by atoms with E-state index in [4.69, 9.17) is 5.26 Å². The monoisotopic (exact) mass is 231 g/mol. The topological polar surface area (TPSA) is 56.1 Å². The fourth-order valence-electron chi connectivity index (χ4n) is 1.43. The van der Waals surface area contributed by atoms with Crippen molar-refractivity contribution < 1.29 is 4.79 Å². The highest BCUT2D eigenvalue weighted by Crippen LogP contribution is 2.17. The summed E-state index contributed by atoms with van der Waals surface area (Å²) < 4.78 is 0.